The van der Waals surface area contributed by atoms with Crippen LogP contribution in [0.25, 0.3) is 0 Å². The maximum atomic E-state index is 12.6. The zero-order valence-corrected chi connectivity index (χ0v) is 15.7. The molecule has 0 unspecified atom stereocenters. The summed E-state index contributed by atoms with van der Waals surface area (Å²) in [5.74, 6) is -0.252. The van der Waals surface area contributed by atoms with E-state index in [-0.39, 0.29) is 24.8 Å². The summed E-state index contributed by atoms with van der Waals surface area (Å²) in [6, 6.07) is 14.6. The smallest absolute Gasteiger partial charge is 0.228 e. The number of halogens is 2. The second kappa shape index (κ2) is 8.88. The molecule has 4 nitrogen and oxygen atoms in total. The molecule has 2 rings (SSSR count). The van der Waals surface area contributed by atoms with E-state index >= 15 is 0 Å². The first kappa shape index (κ1) is 19.3. The molecule has 0 aliphatic rings. The SMILES string of the molecule is CCN(C(=O)CCN(C(C)=O)c1cccc(Cl)c1Cl)c1ccccc1. The van der Waals surface area contributed by atoms with Crippen molar-refractivity contribution in [1.29, 1.82) is 0 Å². The number of hydrogen-bond acceptors (Lipinski definition) is 2. The lowest BCUT2D eigenvalue weighted by atomic mass is 10.2. The van der Waals surface area contributed by atoms with Crippen molar-refractivity contribution in [2.24, 2.45) is 0 Å². The van der Waals surface area contributed by atoms with Gasteiger partial charge in [0.2, 0.25) is 11.8 Å². The van der Waals surface area contributed by atoms with E-state index in [0.29, 0.717) is 22.3 Å². The molecule has 0 saturated carbocycles. The molecule has 132 valence electrons. The van der Waals surface area contributed by atoms with E-state index in [1.165, 1.54) is 11.8 Å². The molecule has 0 aromatic heterocycles. The summed E-state index contributed by atoms with van der Waals surface area (Å²) in [5, 5.41) is 0.679. The van der Waals surface area contributed by atoms with Crippen LogP contribution in [-0.2, 0) is 9.59 Å². The van der Waals surface area contributed by atoms with Gasteiger partial charge in [-0.15, -0.1) is 0 Å². The number of amides is 2. The zero-order valence-electron chi connectivity index (χ0n) is 14.2. The van der Waals surface area contributed by atoms with Crippen molar-refractivity contribution >= 4 is 46.4 Å². The van der Waals surface area contributed by atoms with Gasteiger partial charge in [0.15, 0.2) is 0 Å². The minimum Gasteiger partial charge on any atom is -0.313 e. The van der Waals surface area contributed by atoms with Gasteiger partial charge in [0.25, 0.3) is 0 Å². The van der Waals surface area contributed by atoms with E-state index in [9.17, 15) is 9.59 Å². The lowest BCUT2D eigenvalue weighted by molar-refractivity contribution is -0.118. The summed E-state index contributed by atoms with van der Waals surface area (Å²) < 4.78 is 0. The molecule has 25 heavy (non-hydrogen) atoms. The van der Waals surface area contributed by atoms with Gasteiger partial charge in [-0.25, -0.2) is 0 Å². The highest BCUT2D eigenvalue weighted by Crippen LogP contribution is 2.32. The molecule has 0 aliphatic heterocycles. The van der Waals surface area contributed by atoms with Crippen molar-refractivity contribution in [3.63, 3.8) is 0 Å². The number of para-hydroxylation sites is 1. The molecular formula is C19H20Cl2N2O2. The van der Waals surface area contributed by atoms with E-state index in [1.54, 1.807) is 23.1 Å². The lowest BCUT2D eigenvalue weighted by Crippen LogP contribution is -2.36. The van der Waals surface area contributed by atoms with Crippen LogP contribution in [0.4, 0.5) is 11.4 Å². The Hall–Kier alpha value is -2.04. The summed E-state index contributed by atoms with van der Waals surface area (Å²) in [6.45, 7) is 4.15. The molecule has 0 aliphatic carbocycles. The quantitative estimate of drug-likeness (QED) is 0.724. The van der Waals surface area contributed by atoms with Crippen molar-refractivity contribution < 1.29 is 9.59 Å². The fourth-order valence-corrected chi connectivity index (χ4v) is 3.00. The number of benzene rings is 2. The molecule has 6 heteroatoms. The monoisotopic (exact) mass is 378 g/mol. The Morgan fingerprint density at radius 2 is 1.64 bits per heavy atom. The molecule has 0 bridgehead atoms. The van der Waals surface area contributed by atoms with Crippen molar-refractivity contribution in [3.8, 4) is 0 Å². The van der Waals surface area contributed by atoms with Crippen molar-refractivity contribution in [3.05, 3.63) is 58.6 Å². The number of anilines is 2. The van der Waals surface area contributed by atoms with Gasteiger partial charge >= 0.3 is 0 Å². The van der Waals surface area contributed by atoms with E-state index in [1.807, 2.05) is 37.3 Å². The third-order valence-corrected chi connectivity index (χ3v) is 4.65. The maximum Gasteiger partial charge on any atom is 0.228 e. The highest BCUT2D eigenvalue weighted by Gasteiger charge is 2.20. The van der Waals surface area contributed by atoms with Gasteiger partial charge in [-0.05, 0) is 31.2 Å². The molecule has 2 aromatic rings. The number of hydrogen-bond donors (Lipinski definition) is 0. The Kier molecular flexibility index (Phi) is 6.85. The first-order valence-corrected chi connectivity index (χ1v) is 8.78. The normalized spacial score (nSPS) is 10.4. The number of carbonyl (C=O) groups excluding carboxylic acids is 2. The molecule has 0 heterocycles. The summed E-state index contributed by atoms with van der Waals surface area (Å²) in [5.41, 5.74) is 1.35. The third-order valence-electron chi connectivity index (χ3n) is 3.84. The fourth-order valence-electron chi connectivity index (χ4n) is 2.60. The first-order chi connectivity index (χ1) is 12.0. The van der Waals surface area contributed by atoms with Crippen LogP contribution in [0.1, 0.15) is 20.3 Å². The van der Waals surface area contributed by atoms with Crippen LogP contribution in [0.3, 0.4) is 0 Å². The molecule has 0 spiro atoms. The van der Waals surface area contributed by atoms with E-state index in [4.69, 9.17) is 23.2 Å². The molecule has 0 saturated heterocycles. The van der Waals surface area contributed by atoms with Crippen LogP contribution in [-0.4, -0.2) is 24.9 Å². The van der Waals surface area contributed by atoms with Gasteiger partial charge in [0, 0.05) is 32.1 Å². The molecule has 0 fully saturated rings. The minimum atomic E-state index is -0.195. The van der Waals surface area contributed by atoms with Crippen LogP contribution >= 0.6 is 23.2 Å². The molecule has 0 atom stereocenters. The Morgan fingerprint density at radius 1 is 0.960 bits per heavy atom. The fraction of sp³-hybridized carbons (Fsp3) is 0.263. The second-order valence-corrected chi connectivity index (χ2v) is 6.25. The predicted octanol–water partition coefficient (Wildman–Crippen LogP) is 4.79. The van der Waals surface area contributed by atoms with Gasteiger partial charge < -0.3 is 9.80 Å². The van der Waals surface area contributed by atoms with E-state index < -0.39 is 0 Å². The van der Waals surface area contributed by atoms with Crippen molar-refractivity contribution in [1.82, 2.24) is 0 Å². The third kappa shape index (κ3) is 4.74. The molecule has 0 radical (unpaired) electrons. The number of nitrogens with zero attached hydrogens (tertiary/aromatic N) is 2. The van der Waals surface area contributed by atoms with Gasteiger partial charge in [0.1, 0.15) is 0 Å². The second-order valence-electron chi connectivity index (χ2n) is 5.47. The average Bonchev–Trinajstić information content (AvgIpc) is 2.60. The van der Waals surface area contributed by atoms with Gasteiger partial charge in [0.05, 0.1) is 15.7 Å². The number of carbonyl (C=O) groups is 2. The molecule has 2 amide bonds. The molecule has 2 aromatic carbocycles. The summed E-state index contributed by atoms with van der Waals surface area (Å²) in [4.78, 5) is 27.8. The van der Waals surface area contributed by atoms with Crippen molar-refractivity contribution in [2.45, 2.75) is 20.3 Å². The van der Waals surface area contributed by atoms with Gasteiger partial charge in [-0.2, -0.15) is 0 Å². The lowest BCUT2D eigenvalue weighted by Gasteiger charge is -2.25. The molecular weight excluding hydrogens is 359 g/mol. The van der Waals surface area contributed by atoms with Gasteiger partial charge in [-0.1, -0.05) is 47.5 Å². The first-order valence-electron chi connectivity index (χ1n) is 8.03. The standard InChI is InChI=1S/C19H20Cl2N2O2/c1-3-22(15-8-5-4-6-9-15)18(25)12-13-23(14(2)24)17-11-7-10-16(20)19(17)21/h4-11H,3,12-13H2,1-2H3. The minimum absolute atomic E-state index is 0.0573. The zero-order chi connectivity index (χ0) is 18.4. The topological polar surface area (TPSA) is 40.6 Å². The number of rotatable bonds is 6. The summed E-state index contributed by atoms with van der Waals surface area (Å²) >= 11 is 12.2. The Balaban J connectivity index is 2.14. The van der Waals surface area contributed by atoms with Crippen LogP contribution in [0.5, 0.6) is 0 Å². The van der Waals surface area contributed by atoms with Crippen LogP contribution in [0.2, 0.25) is 10.0 Å². The largest absolute Gasteiger partial charge is 0.313 e. The highest BCUT2D eigenvalue weighted by molar-refractivity contribution is 6.44. The maximum absolute atomic E-state index is 12.6. The summed E-state index contributed by atoms with van der Waals surface area (Å²) in [7, 11) is 0. The van der Waals surface area contributed by atoms with Gasteiger partial charge in [-0.3, -0.25) is 9.59 Å². The van der Waals surface area contributed by atoms with E-state index in [2.05, 4.69) is 0 Å². The molecule has 0 N–H and O–H groups in total. The van der Waals surface area contributed by atoms with E-state index in [0.717, 1.165) is 5.69 Å². The van der Waals surface area contributed by atoms with Crippen molar-refractivity contribution in [2.75, 3.05) is 22.9 Å². The predicted molar refractivity (Wildman–Crippen MR) is 104 cm³/mol. The van der Waals surface area contributed by atoms with Crippen LogP contribution in [0, 0.1) is 0 Å². The Labute approximate surface area is 157 Å². The Morgan fingerprint density at radius 3 is 2.24 bits per heavy atom. The van der Waals surface area contributed by atoms with Crippen LogP contribution in [0.15, 0.2) is 48.5 Å². The Bertz CT molecular complexity index is 750. The average molecular weight is 379 g/mol. The summed E-state index contributed by atoms with van der Waals surface area (Å²) in [6.07, 6.45) is 0.186. The highest BCUT2D eigenvalue weighted by atomic mass is 35.5. The van der Waals surface area contributed by atoms with Crippen LogP contribution < -0.4 is 9.80 Å².